The molecule has 0 amide bonds. The summed E-state index contributed by atoms with van der Waals surface area (Å²) in [6.07, 6.45) is 2.59. The number of guanidine groups is 1. The second-order valence-corrected chi connectivity index (χ2v) is 7.26. The van der Waals surface area contributed by atoms with Crippen molar-refractivity contribution >= 4 is 17.3 Å². The molecular formula is C17H31N5S. The fourth-order valence-corrected chi connectivity index (χ4v) is 3.79. The monoisotopic (exact) mass is 337 g/mol. The summed E-state index contributed by atoms with van der Waals surface area (Å²) in [4.78, 5) is 11.9. The number of rotatable bonds is 7. The van der Waals surface area contributed by atoms with Gasteiger partial charge in [0.2, 0.25) is 0 Å². The largest absolute Gasteiger partial charge is 0.357 e. The molecule has 1 atom stereocenters. The number of aromatic nitrogens is 1. The quantitative estimate of drug-likeness (QED) is 0.593. The molecule has 2 rings (SSSR count). The number of likely N-dealkylation sites (tertiary alicyclic amines) is 1. The van der Waals surface area contributed by atoms with Gasteiger partial charge in [-0.05, 0) is 38.8 Å². The van der Waals surface area contributed by atoms with E-state index in [1.54, 1.807) is 11.3 Å². The Morgan fingerprint density at radius 1 is 1.43 bits per heavy atom. The Morgan fingerprint density at radius 2 is 2.26 bits per heavy atom. The van der Waals surface area contributed by atoms with E-state index in [0.717, 1.165) is 30.6 Å². The first-order valence-electron chi connectivity index (χ1n) is 8.84. The number of thiazole rings is 1. The van der Waals surface area contributed by atoms with Crippen molar-refractivity contribution in [3.63, 3.8) is 0 Å². The van der Waals surface area contributed by atoms with Crippen molar-refractivity contribution in [1.82, 2.24) is 20.5 Å². The van der Waals surface area contributed by atoms with Crippen LogP contribution in [0.3, 0.4) is 0 Å². The highest BCUT2D eigenvalue weighted by Crippen LogP contribution is 2.18. The molecule has 6 heteroatoms. The number of aliphatic imine (C=N–C) groups is 1. The predicted octanol–water partition coefficient (Wildman–Crippen LogP) is 2.81. The topological polar surface area (TPSA) is 52.6 Å². The average Bonchev–Trinajstić information content (AvgIpc) is 3.18. The maximum atomic E-state index is 4.69. The Morgan fingerprint density at radius 3 is 2.91 bits per heavy atom. The van der Waals surface area contributed by atoms with E-state index in [1.807, 2.05) is 0 Å². The summed E-state index contributed by atoms with van der Waals surface area (Å²) in [5, 5.41) is 10.1. The molecule has 0 bridgehead atoms. The van der Waals surface area contributed by atoms with Crippen LogP contribution in [-0.2, 0) is 6.54 Å². The molecule has 5 nitrogen and oxygen atoms in total. The molecule has 1 fully saturated rings. The zero-order chi connectivity index (χ0) is 16.7. The van der Waals surface area contributed by atoms with Gasteiger partial charge in [-0.3, -0.25) is 4.90 Å². The first kappa shape index (κ1) is 18.2. The fourth-order valence-electron chi connectivity index (χ4n) is 2.91. The van der Waals surface area contributed by atoms with Gasteiger partial charge in [-0.2, -0.15) is 0 Å². The highest BCUT2D eigenvalue weighted by molar-refractivity contribution is 7.09. The molecule has 0 radical (unpaired) electrons. The Hall–Kier alpha value is -1.14. The second kappa shape index (κ2) is 9.23. The van der Waals surface area contributed by atoms with Gasteiger partial charge in [0.25, 0.3) is 0 Å². The highest BCUT2D eigenvalue weighted by Gasteiger charge is 2.22. The third-order valence-electron chi connectivity index (χ3n) is 4.29. The van der Waals surface area contributed by atoms with E-state index in [2.05, 4.69) is 53.6 Å². The van der Waals surface area contributed by atoms with Crippen LogP contribution in [0.25, 0.3) is 0 Å². The number of nitrogens with one attached hydrogen (secondary N) is 2. The van der Waals surface area contributed by atoms with Crippen molar-refractivity contribution in [3.8, 4) is 0 Å². The van der Waals surface area contributed by atoms with Gasteiger partial charge in [0, 0.05) is 24.5 Å². The number of hydrogen-bond acceptors (Lipinski definition) is 4. The van der Waals surface area contributed by atoms with Crippen LogP contribution in [0.5, 0.6) is 0 Å². The van der Waals surface area contributed by atoms with E-state index in [4.69, 9.17) is 4.99 Å². The molecule has 1 aromatic heterocycles. The fraction of sp³-hybridized carbons (Fsp3) is 0.765. The molecule has 23 heavy (non-hydrogen) atoms. The minimum atomic E-state index is 0.484. The Kier molecular flexibility index (Phi) is 7.30. The summed E-state index contributed by atoms with van der Waals surface area (Å²) in [5.41, 5.74) is 1.17. The minimum absolute atomic E-state index is 0.484. The van der Waals surface area contributed by atoms with Crippen LogP contribution in [0.1, 0.15) is 57.2 Å². The molecule has 2 N–H and O–H groups in total. The van der Waals surface area contributed by atoms with E-state index in [9.17, 15) is 0 Å². The van der Waals surface area contributed by atoms with E-state index in [0.29, 0.717) is 18.5 Å². The molecule has 1 unspecified atom stereocenters. The summed E-state index contributed by atoms with van der Waals surface area (Å²) in [7, 11) is 0. The molecule has 2 heterocycles. The van der Waals surface area contributed by atoms with Crippen molar-refractivity contribution in [2.45, 2.75) is 59.0 Å². The SMILES string of the molecule is CCNC(=NCc1nc(C(C)C)cs1)NCC1CCCN1CC. The van der Waals surface area contributed by atoms with Gasteiger partial charge in [0.15, 0.2) is 5.96 Å². The van der Waals surface area contributed by atoms with Crippen LogP contribution in [0.4, 0.5) is 0 Å². The van der Waals surface area contributed by atoms with Gasteiger partial charge in [-0.25, -0.2) is 9.98 Å². The van der Waals surface area contributed by atoms with Crippen molar-refractivity contribution < 1.29 is 0 Å². The van der Waals surface area contributed by atoms with E-state index in [-0.39, 0.29) is 0 Å². The standard InChI is InChI=1S/C17H31N5S/c1-5-18-17(19-10-14-8-7-9-22(14)6-2)20-11-16-21-15(12-23-16)13(3)4/h12-14H,5-11H2,1-4H3,(H2,18,19,20). The molecule has 0 saturated carbocycles. The van der Waals surface area contributed by atoms with Gasteiger partial charge in [0.05, 0.1) is 12.2 Å². The van der Waals surface area contributed by atoms with Gasteiger partial charge in [-0.15, -0.1) is 11.3 Å². The van der Waals surface area contributed by atoms with Crippen molar-refractivity contribution in [3.05, 3.63) is 16.1 Å². The first-order chi connectivity index (χ1) is 11.1. The summed E-state index contributed by atoms with van der Waals surface area (Å²) in [6, 6.07) is 0.635. The average molecular weight is 338 g/mol. The molecule has 1 aliphatic rings. The van der Waals surface area contributed by atoms with Gasteiger partial charge in [0.1, 0.15) is 5.01 Å². The number of likely N-dealkylation sites (N-methyl/N-ethyl adjacent to an activating group) is 1. The molecule has 0 spiro atoms. The Bertz CT molecular complexity index is 497. The Balaban J connectivity index is 1.88. The third-order valence-corrected chi connectivity index (χ3v) is 5.14. The lowest BCUT2D eigenvalue weighted by Gasteiger charge is -2.23. The van der Waals surface area contributed by atoms with Crippen molar-refractivity contribution in [2.75, 3.05) is 26.2 Å². The lowest BCUT2D eigenvalue weighted by molar-refractivity contribution is 0.267. The zero-order valence-corrected chi connectivity index (χ0v) is 15.7. The summed E-state index contributed by atoms with van der Waals surface area (Å²) in [5.74, 6) is 1.38. The molecular weight excluding hydrogens is 306 g/mol. The van der Waals surface area contributed by atoms with Gasteiger partial charge >= 0.3 is 0 Å². The van der Waals surface area contributed by atoms with Crippen LogP contribution in [0.15, 0.2) is 10.4 Å². The maximum Gasteiger partial charge on any atom is 0.191 e. The van der Waals surface area contributed by atoms with Crippen LogP contribution in [-0.4, -0.2) is 48.1 Å². The summed E-state index contributed by atoms with van der Waals surface area (Å²) in [6.45, 7) is 13.6. The smallest absolute Gasteiger partial charge is 0.191 e. The van der Waals surface area contributed by atoms with Crippen LogP contribution in [0.2, 0.25) is 0 Å². The molecule has 1 aliphatic heterocycles. The van der Waals surface area contributed by atoms with E-state index < -0.39 is 0 Å². The van der Waals surface area contributed by atoms with E-state index in [1.165, 1.54) is 25.1 Å². The molecule has 130 valence electrons. The lowest BCUT2D eigenvalue weighted by atomic mass is 10.2. The van der Waals surface area contributed by atoms with Crippen LogP contribution >= 0.6 is 11.3 Å². The van der Waals surface area contributed by atoms with Crippen LogP contribution < -0.4 is 10.6 Å². The molecule has 1 aromatic rings. The first-order valence-corrected chi connectivity index (χ1v) is 9.72. The lowest BCUT2D eigenvalue weighted by Crippen LogP contribution is -2.44. The van der Waals surface area contributed by atoms with Crippen LogP contribution in [0, 0.1) is 0 Å². The van der Waals surface area contributed by atoms with Gasteiger partial charge < -0.3 is 10.6 Å². The van der Waals surface area contributed by atoms with Crippen molar-refractivity contribution in [2.24, 2.45) is 4.99 Å². The molecule has 0 aliphatic carbocycles. The van der Waals surface area contributed by atoms with E-state index >= 15 is 0 Å². The molecule has 0 aromatic carbocycles. The number of nitrogens with zero attached hydrogens (tertiary/aromatic N) is 3. The second-order valence-electron chi connectivity index (χ2n) is 6.32. The predicted molar refractivity (Wildman–Crippen MR) is 99.3 cm³/mol. The third kappa shape index (κ3) is 5.46. The summed E-state index contributed by atoms with van der Waals surface area (Å²) >= 11 is 1.70. The minimum Gasteiger partial charge on any atom is -0.357 e. The highest BCUT2D eigenvalue weighted by atomic mass is 32.1. The molecule has 1 saturated heterocycles. The van der Waals surface area contributed by atoms with Crippen molar-refractivity contribution in [1.29, 1.82) is 0 Å². The Labute approximate surface area is 144 Å². The summed E-state index contributed by atoms with van der Waals surface area (Å²) < 4.78 is 0. The normalized spacial score (nSPS) is 19.5. The zero-order valence-electron chi connectivity index (χ0n) is 14.9. The number of hydrogen-bond donors (Lipinski definition) is 2. The van der Waals surface area contributed by atoms with Gasteiger partial charge in [-0.1, -0.05) is 20.8 Å². The maximum absolute atomic E-state index is 4.69.